The highest BCUT2D eigenvalue weighted by atomic mass is 28.5. The highest BCUT2D eigenvalue weighted by Gasteiger charge is 2.39. The number of epoxide rings is 1. The van der Waals surface area contributed by atoms with Crippen molar-refractivity contribution < 1.29 is 35.4 Å². The van der Waals surface area contributed by atoms with Gasteiger partial charge in [-0.25, -0.2) is 0 Å². The Morgan fingerprint density at radius 1 is 1.00 bits per heavy atom. The molecule has 0 amide bonds. The van der Waals surface area contributed by atoms with E-state index in [1.807, 2.05) is 6.55 Å². The van der Waals surface area contributed by atoms with Gasteiger partial charge >= 0.3 is 27.6 Å². The summed E-state index contributed by atoms with van der Waals surface area (Å²) in [7, 11) is -0.546. The lowest BCUT2D eigenvalue weighted by molar-refractivity contribution is 0.113. The Labute approximate surface area is 137 Å². The van der Waals surface area contributed by atoms with Crippen LogP contribution >= 0.6 is 0 Å². The molecule has 0 radical (unpaired) electrons. The first-order chi connectivity index (χ1) is 10.6. The normalized spacial score (nSPS) is 18.4. The molecule has 1 atom stereocenters. The lowest BCUT2D eigenvalue weighted by atomic mass is 10.5. The zero-order valence-electron chi connectivity index (χ0n) is 14.0. The molecular weight excluding hydrogens is 344 g/mol. The van der Waals surface area contributed by atoms with Gasteiger partial charge in [-0.2, -0.15) is 0 Å². The van der Waals surface area contributed by atoms with E-state index in [1.54, 1.807) is 28.4 Å². The molecule has 1 saturated heterocycles. The van der Waals surface area contributed by atoms with E-state index >= 15 is 0 Å². The van der Waals surface area contributed by atoms with E-state index in [9.17, 15) is 0 Å². The van der Waals surface area contributed by atoms with Crippen LogP contribution in [-0.4, -0.2) is 82.0 Å². The molecule has 0 aromatic heterocycles. The van der Waals surface area contributed by atoms with E-state index in [0.29, 0.717) is 13.2 Å². The molecule has 0 bridgehead atoms. The van der Waals surface area contributed by atoms with Crippen molar-refractivity contribution in [1.29, 1.82) is 0 Å². The largest absolute Gasteiger partial charge is 0.474 e. The van der Waals surface area contributed by atoms with Crippen molar-refractivity contribution in [2.75, 3.05) is 48.3 Å². The van der Waals surface area contributed by atoms with Crippen molar-refractivity contribution in [2.45, 2.75) is 25.1 Å². The van der Waals surface area contributed by atoms with Crippen LogP contribution in [0.25, 0.3) is 0 Å². The first-order valence-corrected chi connectivity index (χ1v) is 12.6. The van der Waals surface area contributed by atoms with Gasteiger partial charge in [0.15, 0.2) is 0 Å². The fraction of sp³-hybridized carbons (Fsp3) is 1.00. The molecule has 1 fully saturated rings. The Hall–Kier alpha value is 0.331. The monoisotopic (exact) mass is 372 g/mol. The lowest BCUT2D eigenvalue weighted by Gasteiger charge is -2.31. The van der Waals surface area contributed by atoms with Gasteiger partial charge in [0.1, 0.15) is 6.10 Å². The standard InChI is InChI=1S/C11H28O8Si3/c1-12-20(13-2)18-22(5,19-21(14-3)15-4)8-6-7-16-9-11-10-17-11/h11,20-21H,6-10H2,1-5H3. The highest BCUT2D eigenvalue weighted by molar-refractivity contribution is 6.76. The van der Waals surface area contributed by atoms with Crippen LogP contribution in [0.2, 0.25) is 12.6 Å². The van der Waals surface area contributed by atoms with Crippen LogP contribution in [-0.2, 0) is 35.4 Å². The Balaban J connectivity index is 2.42. The molecule has 0 saturated carbocycles. The highest BCUT2D eigenvalue weighted by Crippen LogP contribution is 2.19. The van der Waals surface area contributed by atoms with Gasteiger partial charge in [0.05, 0.1) is 13.2 Å². The molecule has 22 heavy (non-hydrogen) atoms. The summed E-state index contributed by atoms with van der Waals surface area (Å²) in [6.07, 6.45) is 1.12. The third kappa shape index (κ3) is 8.26. The summed E-state index contributed by atoms with van der Waals surface area (Å²) in [5, 5.41) is 0. The summed E-state index contributed by atoms with van der Waals surface area (Å²) >= 11 is 0. The maximum Gasteiger partial charge on any atom is 0.474 e. The van der Waals surface area contributed by atoms with Gasteiger partial charge < -0.3 is 35.4 Å². The third-order valence-electron chi connectivity index (χ3n) is 3.09. The van der Waals surface area contributed by atoms with Crippen molar-refractivity contribution in [2.24, 2.45) is 0 Å². The molecule has 1 aliphatic heterocycles. The summed E-state index contributed by atoms with van der Waals surface area (Å²) in [6.45, 7) is 4.09. The summed E-state index contributed by atoms with van der Waals surface area (Å²) in [5.74, 6) is 0. The van der Waals surface area contributed by atoms with E-state index in [2.05, 4.69) is 0 Å². The third-order valence-corrected chi connectivity index (χ3v) is 11.4. The van der Waals surface area contributed by atoms with Crippen LogP contribution in [0.1, 0.15) is 6.42 Å². The second-order valence-corrected chi connectivity index (χ2v) is 12.7. The van der Waals surface area contributed by atoms with Gasteiger partial charge in [-0.15, -0.1) is 0 Å². The summed E-state index contributed by atoms with van der Waals surface area (Å²) in [5.41, 5.74) is 0. The minimum atomic E-state index is -2.51. The van der Waals surface area contributed by atoms with Gasteiger partial charge in [0.25, 0.3) is 0 Å². The molecule has 1 unspecified atom stereocenters. The molecule has 1 aliphatic rings. The van der Waals surface area contributed by atoms with Crippen molar-refractivity contribution in [1.82, 2.24) is 0 Å². The van der Waals surface area contributed by atoms with Crippen LogP contribution in [0, 0.1) is 0 Å². The number of hydrogen-bond acceptors (Lipinski definition) is 8. The molecule has 0 N–H and O–H groups in total. The first-order valence-electron chi connectivity index (χ1n) is 7.23. The fourth-order valence-corrected chi connectivity index (χ4v) is 9.44. The molecule has 0 aliphatic carbocycles. The Kier molecular flexibility index (Phi) is 10.2. The quantitative estimate of drug-likeness (QED) is 0.238. The van der Waals surface area contributed by atoms with Gasteiger partial charge in [-0.3, -0.25) is 0 Å². The molecule has 0 aromatic rings. The fourth-order valence-electron chi connectivity index (χ4n) is 1.81. The van der Waals surface area contributed by atoms with E-state index < -0.39 is 27.6 Å². The second-order valence-electron chi connectivity index (χ2n) is 5.02. The molecular formula is C11H28O8Si3. The van der Waals surface area contributed by atoms with Crippen LogP contribution in [0.5, 0.6) is 0 Å². The SMILES string of the molecule is CO[SiH](OC)O[Si](C)(CCCOCC1CO1)O[SiH](OC)OC. The van der Waals surface area contributed by atoms with Crippen molar-refractivity contribution in [3.8, 4) is 0 Å². The molecule has 0 spiro atoms. The van der Waals surface area contributed by atoms with Crippen LogP contribution in [0.15, 0.2) is 0 Å². The molecule has 8 nitrogen and oxygen atoms in total. The minimum absolute atomic E-state index is 0.286. The summed E-state index contributed by atoms with van der Waals surface area (Å²) in [4.78, 5) is 0. The van der Waals surface area contributed by atoms with E-state index in [4.69, 9.17) is 35.4 Å². The summed E-state index contributed by atoms with van der Waals surface area (Å²) < 4.78 is 43.7. The molecule has 11 heteroatoms. The van der Waals surface area contributed by atoms with Crippen molar-refractivity contribution >= 4 is 27.6 Å². The first kappa shape index (κ1) is 20.4. The number of ether oxygens (including phenoxy) is 2. The second kappa shape index (κ2) is 11.0. The smallest absolute Gasteiger partial charge is 0.396 e. The average molecular weight is 373 g/mol. The van der Waals surface area contributed by atoms with Gasteiger partial charge in [-0.05, 0) is 19.0 Å². The zero-order valence-corrected chi connectivity index (χ0v) is 17.3. The van der Waals surface area contributed by atoms with E-state index in [0.717, 1.165) is 19.1 Å². The predicted octanol–water partition coefficient (Wildman–Crippen LogP) is -0.0829. The molecule has 132 valence electrons. The van der Waals surface area contributed by atoms with Gasteiger partial charge in [-0.1, -0.05) is 0 Å². The van der Waals surface area contributed by atoms with E-state index in [-0.39, 0.29) is 6.10 Å². The molecule has 1 rings (SSSR count). The topological polar surface area (TPSA) is 77.1 Å². The van der Waals surface area contributed by atoms with Gasteiger partial charge in [0.2, 0.25) is 0 Å². The minimum Gasteiger partial charge on any atom is -0.396 e. The predicted molar refractivity (Wildman–Crippen MR) is 86.1 cm³/mol. The number of hydrogen-bond donors (Lipinski definition) is 0. The average Bonchev–Trinajstić information content (AvgIpc) is 3.34. The zero-order chi connectivity index (χ0) is 16.4. The summed E-state index contributed by atoms with van der Waals surface area (Å²) in [6, 6.07) is 0.755. The van der Waals surface area contributed by atoms with E-state index in [1.165, 1.54) is 0 Å². The van der Waals surface area contributed by atoms with Crippen LogP contribution in [0.3, 0.4) is 0 Å². The van der Waals surface area contributed by atoms with Crippen molar-refractivity contribution in [3.63, 3.8) is 0 Å². The Morgan fingerprint density at radius 3 is 1.91 bits per heavy atom. The van der Waals surface area contributed by atoms with Crippen LogP contribution < -0.4 is 0 Å². The molecule has 0 aromatic carbocycles. The maximum atomic E-state index is 6.02. The van der Waals surface area contributed by atoms with Crippen molar-refractivity contribution in [3.05, 3.63) is 0 Å². The Morgan fingerprint density at radius 2 is 1.50 bits per heavy atom. The lowest BCUT2D eigenvalue weighted by Crippen LogP contribution is -2.50. The maximum absolute atomic E-state index is 6.02. The number of rotatable bonds is 14. The van der Waals surface area contributed by atoms with Crippen LogP contribution in [0.4, 0.5) is 0 Å². The Bertz CT molecular complexity index is 273. The molecule has 1 heterocycles. The van der Waals surface area contributed by atoms with Gasteiger partial charge in [0, 0.05) is 35.0 Å².